The Morgan fingerprint density at radius 2 is 2.21 bits per heavy atom. The maximum absolute atomic E-state index is 5.90. The summed E-state index contributed by atoms with van der Waals surface area (Å²) in [5, 5.41) is 4.37. The summed E-state index contributed by atoms with van der Waals surface area (Å²) in [5.41, 5.74) is 7.08. The van der Waals surface area contributed by atoms with Gasteiger partial charge in [-0.3, -0.25) is 9.58 Å². The number of hydrogen-bond donors (Lipinski definition) is 1. The van der Waals surface area contributed by atoms with E-state index in [0.717, 1.165) is 26.1 Å². The molecule has 0 aliphatic heterocycles. The molecule has 1 heterocycles. The quantitative estimate of drug-likeness (QED) is 0.740. The molecule has 0 amide bonds. The van der Waals surface area contributed by atoms with Crippen LogP contribution in [0.1, 0.15) is 38.8 Å². The Hall–Kier alpha value is -0.910. The topological polar surface area (TPSA) is 56.3 Å². The Morgan fingerprint density at radius 1 is 1.47 bits per heavy atom. The molecule has 1 unspecified atom stereocenters. The molecular weight excluding hydrogens is 240 g/mol. The van der Waals surface area contributed by atoms with Crippen molar-refractivity contribution in [3.8, 4) is 0 Å². The number of nitrogens with two attached hydrogens (primary N) is 1. The van der Waals surface area contributed by atoms with Crippen LogP contribution in [0, 0.1) is 0 Å². The zero-order valence-electron chi connectivity index (χ0n) is 12.7. The van der Waals surface area contributed by atoms with E-state index in [4.69, 9.17) is 10.5 Å². The van der Waals surface area contributed by atoms with E-state index < -0.39 is 0 Å². The maximum Gasteiger partial charge on any atom is 0.0597 e. The Labute approximate surface area is 116 Å². The highest BCUT2D eigenvalue weighted by Gasteiger charge is 2.17. The third-order valence-corrected chi connectivity index (χ3v) is 3.14. The van der Waals surface area contributed by atoms with Crippen LogP contribution in [0.5, 0.6) is 0 Å². The second-order valence-corrected chi connectivity index (χ2v) is 5.19. The highest BCUT2D eigenvalue weighted by Crippen LogP contribution is 2.17. The van der Waals surface area contributed by atoms with Crippen LogP contribution in [0.15, 0.2) is 12.4 Å². The fraction of sp³-hybridized carbons (Fsp3) is 0.786. The number of aryl methyl sites for hydroxylation is 1. The summed E-state index contributed by atoms with van der Waals surface area (Å²) in [5.74, 6) is 0. The lowest BCUT2D eigenvalue weighted by Gasteiger charge is -2.26. The molecule has 1 rings (SSSR count). The lowest BCUT2D eigenvalue weighted by atomic mass is 10.1. The van der Waals surface area contributed by atoms with Crippen LogP contribution in [-0.4, -0.2) is 47.5 Å². The zero-order valence-corrected chi connectivity index (χ0v) is 12.7. The molecule has 5 heteroatoms. The number of aromatic nitrogens is 2. The molecular formula is C14H28N4O. The van der Waals surface area contributed by atoms with Gasteiger partial charge in [-0.15, -0.1) is 0 Å². The van der Waals surface area contributed by atoms with E-state index in [1.165, 1.54) is 5.56 Å². The molecule has 0 radical (unpaired) electrons. The molecule has 0 fully saturated rings. The highest BCUT2D eigenvalue weighted by atomic mass is 16.5. The summed E-state index contributed by atoms with van der Waals surface area (Å²) in [7, 11) is 2.08. The third-order valence-electron chi connectivity index (χ3n) is 3.14. The molecule has 1 atom stereocenters. The molecule has 0 saturated carbocycles. The fourth-order valence-corrected chi connectivity index (χ4v) is 2.06. The van der Waals surface area contributed by atoms with Crippen LogP contribution in [0.2, 0.25) is 0 Å². The Kier molecular flexibility index (Phi) is 7.05. The molecule has 0 saturated heterocycles. The zero-order chi connectivity index (χ0) is 14.3. The minimum Gasteiger partial charge on any atom is -0.377 e. The van der Waals surface area contributed by atoms with Crippen LogP contribution in [0.3, 0.4) is 0 Å². The van der Waals surface area contributed by atoms with E-state index in [2.05, 4.69) is 44.0 Å². The van der Waals surface area contributed by atoms with E-state index in [0.29, 0.717) is 6.54 Å². The van der Waals surface area contributed by atoms with Crippen molar-refractivity contribution < 1.29 is 4.74 Å². The molecule has 1 aromatic heterocycles. The predicted octanol–water partition coefficient (Wildman–Crippen LogP) is 1.65. The fourth-order valence-electron chi connectivity index (χ4n) is 2.06. The van der Waals surface area contributed by atoms with Crippen LogP contribution >= 0.6 is 0 Å². The highest BCUT2D eigenvalue weighted by molar-refractivity contribution is 5.11. The van der Waals surface area contributed by atoms with Gasteiger partial charge in [0, 0.05) is 37.4 Å². The molecule has 2 N–H and O–H groups in total. The minimum absolute atomic E-state index is 0.210. The van der Waals surface area contributed by atoms with Gasteiger partial charge in [-0.2, -0.15) is 5.10 Å². The minimum atomic E-state index is 0.210. The molecule has 19 heavy (non-hydrogen) atoms. The molecule has 0 aliphatic carbocycles. The van der Waals surface area contributed by atoms with Crippen molar-refractivity contribution in [2.75, 3.05) is 26.7 Å². The normalized spacial score (nSPS) is 13.4. The molecule has 0 bridgehead atoms. The van der Waals surface area contributed by atoms with Gasteiger partial charge in [0.2, 0.25) is 0 Å². The van der Waals surface area contributed by atoms with Crippen molar-refractivity contribution in [3.63, 3.8) is 0 Å². The number of likely N-dealkylation sites (N-methyl/N-ethyl adjacent to an activating group) is 1. The first-order valence-electron chi connectivity index (χ1n) is 7.12. The monoisotopic (exact) mass is 268 g/mol. The molecule has 1 aromatic rings. The molecule has 0 aromatic carbocycles. The van der Waals surface area contributed by atoms with Crippen LogP contribution in [-0.2, 0) is 11.3 Å². The van der Waals surface area contributed by atoms with Crippen molar-refractivity contribution >= 4 is 0 Å². The van der Waals surface area contributed by atoms with E-state index in [1.54, 1.807) is 0 Å². The van der Waals surface area contributed by atoms with Crippen molar-refractivity contribution in [1.82, 2.24) is 14.7 Å². The van der Waals surface area contributed by atoms with Gasteiger partial charge in [0.15, 0.2) is 0 Å². The average Bonchev–Trinajstić information content (AvgIpc) is 2.78. The molecule has 5 nitrogen and oxygen atoms in total. The van der Waals surface area contributed by atoms with Gasteiger partial charge < -0.3 is 10.5 Å². The average molecular weight is 268 g/mol. The number of nitrogens with zero attached hydrogens (tertiary/aromatic N) is 3. The van der Waals surface area contributed by atoms with Crippen molar-refractivity contribution in [3.05, 3.63) is 18.0 Å². The van der Waals surface area contributed by atoms with Crippen molar-refractivity contribution in [2.45, 2.75) is 45.9 Å². The number of rotatable bonds is 9. The standard InChI is InChI=1S/C14H28N4O/c1-5-6-18-11-13(10-16-18)14(9-15)17(4)7-8-19-12(2)3/h10-12,14H,5-9,15H2,1-4H3. The van der Waals surface area contributed by atoms with Gasteiger partial charge in [-0.25, -0.2) is 0 Å². The van der Waals surface area contributed by atoms with E-state index >= 15 is 0 Å². The van der Waals surface area contributed by atoms with Crippen LogP contribution in [0.25, 0.3) is 0 Å². The van der Waals surface area contributed by atoms with Gasteiger partial charge >= 0.3 is 0 Å². The predicted molar refractivity (Wildman–Crippen MR) is 78.0 cm³/mol. The van der Waals surface area contributed by atoms with E-state index in [1.807, 2.05) is 10.9 Å². The van der Waals surface area contributed by atoms with E-state index in [9.17, 15) is 0 Å². The first-order chi connectivity index (χ1) is 9.08. The summed E-state index contributed by atoms with van der Waals surface area (Å²) in [4.78, 5) is 2.23. The second kappa shape index (κ2) is 8.30. The smallest absolute Gasteiger partial charge is 0.0597 e. The Bertz CT molecular complexity index is 351. The molecule has 0 spiro atoms. The molecule has 110 valence electrons. The largest absolute Gasteiger partial charge is 0.377 e. The lowest BCUT2D eigenvalue weighted by Crippen LogP contribution is -2.33. The van der Waals surface area contributed by atoms with Crippen molar-refractivity contribution in [2.24, 2.45) is 5.73 Å². The van der Waals surface area contributed by atoms with Gasteiger partial charge in [0.1, 0.15) is 0 Å². The van der Waals surface area contributed by atoms with Gasteiger partial charge in [0.25, 0.3) is 0 Å². The van der Waals surface area contributed by atoms with E-state index in [-0.39, 0.29) is 12.1 Å². The van der Waals surface area contributed by atoms with Gasteiger partial charge in [-0.1, -0.05) is 6.92 Å². The number of ether oxygens (including phenoxy) is 1. The lowest BCUT2D eigenvalue weighted by molar-refractivity contribution is 0.0564. The molecule has 0 aliphatic rings. The summed E-state index contributed by atoms with van der Waals surface area (Å²) in [6.07, 6.45) is 5.39. The number of hydrogen-bond acceptors (Lipinski definition) is 4. The van der Waals surface area contributed by atoms with Crippen LogP contribution < -0.4 is 5.73 Å². The van der Waals surface area contributed by atoms with Crippen LogP contribution in [0.4, 0.5) is 0 Å². The summed E-state index contributed by atoms with van der Waals surface area (Å²) >= 11 is 0. The first-order valence-corrected chi connectivity index (χ1v) is 7.12. The SMILES string of the molecule is CCCn1cc(C(CN)N(C)CCOC(C)C)cn1. The Balaban J connectivity index is 2.54. The summed E-state index contributed by atoms with van der Waals surface area (Å²) in [6, 6.07) is 0.210. The van der Waals surface area contributed by atoms with Crippen molar-refractivity contribution in [1.29, 1.82) is 0 Å². The summed E-state index contributed by atoms with van der Waals surface area (Å²) in [6.45, 7) is 9.40. The first kappa shape index (κ1) is 16.1. The third kappa shape index (κ3) is 5.30. The van der Waals surface area contributed by atoms with Gasteiger partial charge in [0.05, 0.1) is 18.9 Å². The second-order valence-electron chi connectivity index (χ2n) is 5.19. The maximum atomic E-state index is 5.90. The van der Waals surface area contributed by atoms with Gasteiger partial charge in [-0.05, 0) is 27.3 Å². The Morgan fingerprint density at radius 3 is 2.79 bits per heavy atom. The summed E-state index contributed by atoms with van der Waals surface area (Å²) < 4.78 is 7.57.